The molecule has 3 heteroatoms. The predicted molar refractivity (Wildman–Crippen MR) is 70.2 cm³/mol. The minimum Gasteiger partial charge on any atom is -0.493 e. The quantitative estimate of drug-likeness (QED) is 0.768. The molecule has 98 valence electrons. The van der Waals surface area contributed by atoms with E-state index >= 15 is 0 Å². The second-order valence-corrected chi connectivity index (χ2v) is 4.85. The molecule has 0 radical (unpaired) electrons. The summed E-state index contributed by atoms with van der Waals surface area (Å²) in [4.78, 5) is 12.5. The van der Waals surface area contributed by atoms with Crippen LogP contribution in [-0.2, 0) is 4.74 Å². The van der Waals surface area contributed by atoms with Gasteiger partial charge in [-0.1, -0.05) is 18.6 Å². The van der Waals surface area contributed by atoms with E-state index in [1.165, 1.54) is 0 Å². The first-order valence-corrected chi connectivity index (χ1v) is 6.52. The summed E-state index contributed by atoms with van der Waals surface area (Å²) in [6.45, 7) is 7.19. The maximum Gasteiger partial charge on any atom is 0.195 e. The highest BCUT2D eigenvalue weighted by atomic mass is 16.5. The van der Waals surface area contributed by atoms with Crippen LogP contribution in [0.4, 0.5) is 0 Å². The summed E-state index contributed by atoms with van der Waals surface area (Å²) >= 11 is 0. The Kier molecular flexibility index (Phi) is 4.02. The highest BCUT2D eigenvalue weighted by Gasteiger charge is 2.32. The van der Waals surface area contributed by atoms with Gasteiger partial charge in [0.05, 0.1) is 12.2 Å². The number of aryl methyl sites for hydroxylation is 1. The molecule has 0 bridgehead atoms. The van der Waals surface area contributed by atoms with Crippen LogP contribution in [0.5, 0.6) is 5.75 Å². The van der Waals surface area contributed by atoms with Crippen LogP contribution in [0.25, 0.3) is 0 Å². The molecule has 1 heterocycles. The molecule has 3 nitrogen and oxygen atoms in total. The lowest BCUT2D eigenvalue weighted by Crippen LogP contribution is -2.25. The van der Waals surface area contributed by atoms with Crippen LogP contribution in [0.2, 0.25) is 0 Å². The number of hydrogen-bond donors (Lipinski definition) is 0. The zero-order chi connectivity index (χ0) is 13.1. The smallest absolute Gasteiger partial charge is 0.195 e. The van der Waals surface area contributed by atoms with Gasteiger partial charge in [-0.15, -0.1) is 0 Å². The third-order valence-electron chi connectivity index (χ3n) is 3.35. The van der Waals surface area contributed by atoms with E-state index in [-0.39, 0.29) is 17.8 Å². The summed E-state index contributed by atoms with van der Waals surface area (Å²) in [5.74, 6) is 0.996. The van der Waals surface area contributed by atoms with E-state index in [2.05, 4.69) is 6.92 Å². The van der Waals surface area contributed by atoms with E-state index in [1.54, 1.807) is 0 Å². The highest BCUT2D eigenvalue weighted by molar-refractivity contribution is 6.02. The minimum atomic E-state index is -0.314. The lowest BCUT2D eigenvalue weighted by atomic mass is 9.95. The van der Waals surface area contributed by atoms with E-state index in [4.69, 9.17) is 9.47 Å². The van der Waals surface area contributed by atoms with E-state index in [0.717, 1.165) is 12.0 Å². The number of Topliss-reactive ketones (excluding diaryl/α,β-unsaturated/α-hetero) is 1. The van der Waals surface area contributed by atoms with Crippen molar-refractivity contribution < 1.29 is 14.3 Å². The molecular formula is C15H20O3. The summed E-state index contributed by atoms with van der Waals surface area (Å²) < 4.78 is 11.1. The molecule has 0 aromatic heterocycles. The first-order valence-electron chi connectivity index (χ1n) is 6.52. The Morgan fingerprint density at radius 1 is 1.50 bits per heavy atom. The van der Waals surface area contributed by atoms with E-state index < -0.39 is 0 Å². The fourth-order valence-electron chi connectivity index (χ4n) is 2.30. The van der Waals surface area contributed by atoms with Crippen LogP contribution < -0.4 is 4.74 Å². The van der Waals surface area contributed by atoms with Crippen molar-refractivity contribution in [3.05, 3.63) is 29.3 Å². The number of hydrogen-bond acceptors (Lipinski definition) is 3. The summed E-state index contributed by atoms with van der Waals surface area (Å²) in [6, 6.07) is 5.72. The zero-order valence-corrected chi connectivity index (χ0v) is 11.2. The molecule has 0 spiro atoms. The average Bonchev–Trinajstić information content (AvgIpc) is 2.77. The van der Waals surface area contributed by atoms with E-state index in [1.807, 2.05) is 32.0 Å². The number of carbonyl (C=O) groups is 1. The molecule has 1 aromatic carbocycles. The Hall–Kier alpha value is -1.35. The molecule has 1 aliphatic heterocycles. The Balaban J connectivity index is 2.30. The van der Waals surface area contributed by atoms with Crippen molar-refractivity contribution >= 4 is 5.78 Å². The van der Waals surface area contributed by atoms with Gasteiger partial charge < -0.3 is 9.47 Å². The van der Waals surface area contributed by atoms with Gasteiger partial charge in [-0.3, -0.25) is 4.79 Å². The number of rotatable bonds is 4. The minimum absolute atomic E-state index is 0.0483. The Morgan fingerprint density at radius 3 is 2.89 bits per heavy atom. The van der Waals surface area contributed by atoms with E-state index in [9.17, 15) is 4.79 Å². The Labute approximate surface area is 108 Å². The van der Waals surface area contributed by atoms with Gasteiger partial charge in [-0.05, 0) is 38.3 Å². The van der Waals surface area contributed by atoms with Crippen LogP contribution in [0, 0.1) is 12.8 Å². The number of ketones is 1. The van der Waals surface area contributed by atoms with Gasteiger partial charge in [-0.25, -0.2) is 0 Å². The van der Waals surface area contributed by atoms with Crippen molar-refractivity contribution in [1.82, 2.24) is 0 Å². The van der Waals surface area contributed by atoms with Crippen molar-refractivity contribution in [1.29, 1.82) is 0 Å². The molecule has 2 rings (SSSR count). The molecule has 18 heavy (non-hydrogen) atoms. The normalized spacial score (nSPS) is 23.1. The first-order chi connectivity index (χ1) is 8.63. The van der Waals surface area contributed by atoms with Crippen molar-refractivity contribution in [2.75, 3.05) is 13.2 Å². The van der Waals surface area contributed by atoms with Gasteiger partial charge in [0.15, 0.2) is 5.78 Å². The van der Waals surface area contributed by atoms with E-state index in [0.29, 0.717) is 24.5 Å². The molecule has 1 aliphatic rings. The fourth-order valence-corrected chi connectivity index (χ4v) is 2.30. The summed E-state index contributed by atoms with van der Waals surface area (Å²) in [5.41, 5.74) is 1.71. The average molecular weight is 248 g/mol. The molecule has 1 fully saturated rings. The van der Waals surface area contributed by atoms with Gasteiger partial charge in [0.1, 0.15) is 11.9 Å². The summed E-state index contributed by atoms with van der Waals surface area (Å²) in [5, 5.41) is 0. The van der Waals surface area contributed by atoms with Crippen LogP contribution in [0.15, 0.2) is 18.2 Å². The van der Waals surface area contributed by atoms with Gasteiger partial charge in [-0.2, -0.15) is 0 Å². The largest absolute Gasteiger partial charge is 0.493 e. The molecule has 2 unspecified atom stereocenters. The lowest BCUT2D eigenvalue weighted by Gasteiger charge is -2.16. The molecule has 2 atom stereocenters. The molecule has 0 N–H and O–H groups in total. The van der Waals surface area contributed by atoms with Crippen molar-refractivity contribution in [3.63, 3.8) is 0 Å². The molecule has 0 aliphatic carbocycles. The van der Waals surface area contributed by atoms with Gasteiger partial charge in [0.25, 0.3) is 0 Å². The second kappa shape index (κ2) is 5.53. The third-order valence-corrected chi connectivity index (χ3v) is 3.35. The number of ether oxygens (including phenoxy) is 2. The van der Waals surface area contributed by atoms with Crippen LogP contribution in [-0.4, -0.2) is 25.1 Å². The van der Waals surface area contributed by atoms with Gasteiger partial charge >= 0.3 is 0 Å². The molecule has 0 saturated carbocycles. The predicted octanol–water partition coefficient (Wildman–Crippen LogP) is 3.00. The second-order valence-electron chi connectivity index (χ2n) is 4.85. The first kappa shape index (κ1) is 13.1. The highest BCUT2D eigenvalue weighted by Crippen LogP contribution is 2.28. The molecule has 1 aromatic rings. The topological polar surface area (TPSA) is 35.5 Å². The molecular weight excluding hydrogens is 228 g/mol. The Morgan fingerprint density at radius 2 is 2.28 bits per heavy atom. The van der Waals surface area contributed by atoms with Crippen molar-refractivity contribution in [2.24, 2.45) is 5.92 Å². The monoisotopic (exact) mass is 248 g/mol. The summed E-state index contributed by atoms with van der Waals surface area (Å²) in [6.07, 6.45) is 0.637. The SMILES string of the molecule is CCOc1ccc(C)cc1C(=O)C1OCCC1C. The van der Waals surface area contributed by atoms with Crippen LogP contribution >= 0.6 is 0 Å². The number of carbonyl (C=O) groups excluding carboxylic acids is 1. The molecule has 1 saturated heterocycles. The standard InChI is InChI=1S/C15H20O3/c1-4-17-13-6-5-10(2)9-12(13)14(16)15-11(3)7-8-18-15/h5-6,9,11,15H,4,7-8H2,1-3H3. The lowest BCUT2D eigenvalue weighted by molar-refractivity contribution is 0.0576. The van der Waals surface area contributed by atoms with Crippen LogP contribution in [0.1, 0.15) is 36.2 Å². The number of benzene rings is 1. The van der Waals surface area contributed by atoms with Gasteiger partial charge in [0.2, 0.25) is 0 Å². The van der Waals surface area contributed by atoms with Crippen molar-refractivity contribution in [2.45, 2.75) is 33.3 Å². The Bertz CT molecular complexity index is 439. The van der Waals surface area contributed by atoms with Crippen LogP contribution in [0.3, 0.4) is 0 Å². The van der Waals surface area contributed by atoms with Crippen molar-refractivity contribution in [3.8, 4) is 5.75 Å². The fraction of sp³-hybridized carbons (Fsp3) is 0.533. The van der Waals surface area contributed by atoms with Gasteiger partial charge in [0, 0.05) is 6.61 Å². The third kappa shape index (κ3) is 2.56. The summed E-state index contributed by atoms with van der Waals surface area (Å²) in [7, 11) is 0. The maximum atomic E-state index is 12.5. The zero-order valence-electron chi connectivity index (χ0n) is 11.2. The molecule has 0 amide bonds. The maximum absolute atomic E-state index is 12.5.